The molecular weight excluding hydrogens is 435 g/mol. The van der Waals surface area contributed by atoms with Gasteiger partial charge in [-0.05, 0) is 37.1 Å². The number of fused-ring (bicyclic) bond motifs is 2. The van der Waals surface area contributed by atoms with Crippen LogP contribution in [0.5, 0.6) is 0 Å². The van der Waals surface area contributed by atoms with Crippen molar-refractivity contribution in [2.24, 2.45) is 7.05 Å². The lowest BCUT2D eigenvalue weighted by Gasteiger charge is -2.23. The zero-order valence-electron chi connectivity index (χ0n) is 16.4. The van der Waals surface area contributed by atoms with Crippen LogP contribution in [-0.4, -0.2) is 27.3 Å². The zero-order chi connectivity index (χ0) is 21.8. The van der Waals surface area contributed by atoms with E-state index >= 15 is 0 Å². The first kappa shape index (κ1) is 20.9. The van der Waals surface area contributed by atoms with Gasteiger partial charge in [0.05, 0.1) is 27.8 Å². The quantitative estimate of drug-likeness (QED) is 0.528. The molecule has 0 aliphatic carbocycles. The number of halogens is 3. The summed E-state index contributed by atoms with van der Waals surface area (Å²) in [6, 6.07) is 3.52. The Bertz CT molecular complexity index is 1220. The SMILES string of the molecule is Cc1c(C(=O)N2CCC(C)Sc3ccc(C(F)(F)F)cc32)sc2ncn(C)c(=O)c12. The number of nitrogens with zero attached hydrogens (tertiary/aromatic N) is 3. The predicted octanol–water partition coefficient (Wildman–Crippen LogP) is 4.85. The van der Waals surface area contributed by atoms with Crippen molar-refractivity contribution >= 4 is 44.9 Å². The standard InChI is InChI=1S/C20H18F3N3O2S2/c1-10-6-7-26(13-8-12(20(21,22)23)4-5-14(13)29-10)19(28)16-11(2)15-17(30-16)24-9-25(3)18(15)27/h4-5,8-10H,6-7H2,1-3H3. The lowest BCUT2D eigenvalue weighted by molar-refractivity contribution is -0.137. The third-order valence-corrected chi connectivity index (χ3v) is 7.54. The van der Waals surface area contributed by atoms with Crippen molar-refractivity contribution in [2.75, 3.05) is 11.4 Å². The highest BCUT2D eigenvalue weighted by Crippen LogP contribution is 2.42. The molecule has 0 N–H and O–H groups in total. The van der Waals surface area contributed by atoms with Gasteiger partial charge in [0.15, 0.2) is 0 Å². The average molecular weight is 454 g/mol. The van der Waals surface area contributed by atoms with Gasteiger partial charge >= 0.3 is 6.18 Å². The topological polar surface area (TPSA) is 55.2 Å². The minimum Gasteiger partial charge on any atom is -0.306 e. The molecule has 1 aromatic carbocycles. The van der Waals surface area contributed by atoms with Gasteiger partial charge in [0.2, 0.25) is 0 Å². The van der Waals surface area contributed by atoms with Gasteiger partial charge in [0.1, 0.15) is 4.83 Å². The van der Waals surface area contributed by atoms with Gasteiger partial charge < -0.3 is 9.47 Å². The third-order valence-electron chi connectivity index (χ3n) is 5.11. The van der Waals surface area contributed by atoms with Gasteiger partial charge in [-0.3, -0.25) is 9.59 Å². The van der Waals surface area contributed by atoms with E-state index in [1.165, 1.54) is 33.6 Å². The molecule has 1 unspecified atom stereocenters. The van der Waals surface area contributed by atoms with Gasteiger partial charge in [0, 0.05) is 23.7 Å². The summed E-state index contributed by atoms with van der Waals surface area (Å²) < 4.78 is 41.3. The summed E-state index contributed by atoms with van der Waals surface area (Å²) in [4.78, 5) is 33.0. The molecule has 10 heteroatoms. The average Bonchev–Trinajstić information content (AvgIpc) is 2.91. The number of amides is 1. The Labute approximate surface area is 178 Å². The molecule has 1 atom stereocenters. The number of thioether (sulfide) groups is 1. The molecule has 0 bridgehead atoms. The van der Waals surface area contributed by atoms with Crippen molar-refractivity contribution in [3.8, 4) is 0 Å². The van der Waals surface area contributed by atoms with Crippen molar-refractivity contribution in [1.29, 1.82) is 0 Å². The lowest BCUT2D eigenvalue weighted by Crippen LogP contribution is -2.32. The smallest absolute Gasteiger partial charge is 0.306 e. The minimum absolute atomic E-state index is 0.149. The number of carbonyl (C=O) groups is 1. The first-order valence-corrected chi connectivity index (χ1v) is 10.9. The Morgan fingerprint density at radius 2 is 2.03 bits per heavy atom. The maximum atomic E-state index is 13.5. The van der Waals surface area contributed by atoms with Crippen LogP contribution in [0.3, 0.4) is 0 Å². The Balaban J connectivity index is 1.86. The number of carbonyl (C=O) groups excluding carboxylic acids is 1. The fourth-order valence-electron chi connectivity index (χ4n) is 3.46. The summed E-state index contributed by atoms with van der Waals surface area (Å²) in [6.45, 7) is 3.95. The van der Waals surface area contributed by atoms with Crippen molar-refractivity contribution in [3.63, 3.8) is 0 Å². The molecule has 4 rings (SSSR count). The number of aryl methyl sites for hydroxylation is 2. The van der Waals surface area contributed by atoms with Crippen LogP contribution in [0.2, 0.25) is 0 Å². The maximum absolute atomic E-state index is 13.5. The molecule has 1 amide bonds. The Morgan fingerprint density at radius 3 is 2.73 bits per heavy atom. The highest BCUT2D eigenvalue weighted by atomic mass is 32.2. The Morgan fingerprint density at radius 1 is 1.30 bits per heavy atom. The van der Waals surface area contributed by atoms with Gasteiger partial charge in [-0.15, -0.1) is 23.1 Å². The van der Waals surface area contributed by atoms with E-state index in [1.807, 2.05) is 6.92 Å². The van der Waals surface area contributed by atoms with Crippen LogP contribution in [0.4, 0.5) is 18.9 Å². The first-order valence-electron chi connectivity index (χ1n) is 9.22. The second-order valence-electron chi connectivity index (χ2n) is 7.25. The van der Waals surface area contributed by atoms with Crippen LogP contribution in [0.25, 0.3) is 10.2 Å². The monoisotopic (exact) mass is 453 g/mol. The molecular formula is C20H18F3N3O2S2. The van der Waals surface area contributed by atoms with Crippen molar-refractivity contribution in [1.82, 2.24) is 9.55 Å². The van der Waals surface area contributed by atoms with Gasteiger partial charge in [-0.1, -0.05) is 6.92 Å². The number of hydrogen-bond acceptors (Lipinski definition) is 5. The van der Waals surface area contributed by atoms with E-state index in [0.29, 0.717) is 38.5 Å². The summed E-state index contributed by atoms with van der Waals surface area (Å²) in [7, 11) is 1.58. The second-order valence-corrected chi connectivity index (χ2v) is 9.73. The fourth-order valence-corrected chi connectivity index (χ4v) is 5.64. The summed E-state index contributed by atoms with van der Waals surface area (Å²) in [5, 5.41) is 0.519. The number of hydrogen-bond donors (Lipinski definition) is 0. The summed E-state index contributed by atoms with van der Waals surface area (Å²) in [6.07, 6.45) is -2.48. The van der Waals surface area contributed by atoms with E-state index in [2.05, 4.69) is 4.98 Å². The molecule has 3 aromatic rings. The van der Waals surface area contributed by atoms with E-state index in [1.54, 1.807) is 14.0 Å². The van der Waals surface area contributed by atoms with Gasteiger partial charge in [-0.25, -0.2) is 4.98 Å². The number of thiophene rings is 1. The van der Waals surface area contributed by atoms with Crippen LogP contribution in [0, 0.1) is 6.92 Å². The number of aromatic nitrogens is 2. The highest BCUT2D eigenvalue weighted by Gasteiger charge is 2.34. The molecule has 5 nitrogen and oxygen atoms in total. The van der Waals surface area contributed by atoms with E-state index < -0.39 is 17.6 Å². The maximum Gasteiger partial charge on any atom is 0.416 e. The van der Waals surface area contributed by atoms with Gasteiger partial charge in [0.25, 0.3) is 11.5 Å². The van der Waals surface area contributed by atoms with E-state index in [0.717, 1.165) is 23.5 Å². The van der Waals surface area contributed by atoms with Crippen molar-refractivity contribution < 1.29 is 18.0 Å². The van der Waals surface area contributed by atoms with Crippen LogP contribution in [0.15, 0.2) is 34.2 Å². The van der Waals surface area contributed by atoms with Crippen LogP contribution in [0.1, 0.15) is 34.1 Å². The van der Waals surface area contributed by atoms with Crippen LogP contribution >= 0.6 is 23.1 Å². The Kier molecular flexibility index (Phi) is 5.17. The summed E-state index contributed by atoms with van der Waals surface area (Å²) in [5.41, 5.74) is -0.292. The van der Waals surface area contributed by atoms with Crippen LogP contribution < -0.4 is 10.5 Å². The predicted molar refractivity (Wildman–Crippen MR) is 113 cm³/mol. The number of alkyl halides is 3. The van der Waals surface area contributed by atoms with Crippen LogP contribution in [-0.2, 0) is 13.2 Å². The van der Waals surface area contributed by atoms with Gasteiger partial charge in [-0.2, -0.15) is 13.2 Å². The summed E-state index contributed by atoms with van der Waals surface area (Å²) >= 11 is 2.55. The fraction of sp³-hybridized carbons (Fsp3) is 0.350. The van der Waals surface area contributed by atoms with E-state index in [4.69, 9.17) is 0 Å². The molecule has 2 aromatic heterocycles. The largest absolute Gasteiger partial charge is 0.416 e. The molecule has 1 aliphatic heterocycles. The number of rotatable bonds is 1. The number of benzene rings is 1. The molecule has 30 heavy (non-hydrogen) atoms. The van der Waals surface area contributed by atoms with E-state index in [-0.39, 0.29) is 16.5 Å². The molecule has 0 fully saturated rings. The van der Waals surface area contributed by atoms with Crippen molar-refractivity contribution in [2.45, 2.75) is 36.6 Å². The Hall–Kier alpha value is -2.33. The zero-order valence-corrected chi connectivity index (χ0v) is 18.0. The third kappa shape index (κ3) is 3.51. The second kappa shape index (κ2) is 7.42. The number of anilines is 1. The first-order chi connectivity index (χ1) is 14.1. The molecule has 3 heterocycles. The molecule has 0 saturated carbocycles. The molecule has 0 radical (unpaired) electrons. The molecule has 0 saturated heterocycles. The van der Waals surface area contributed by atoms with Crippen molar-refractivity contribution in [3.05, 3.63) is 50.9 Å². The minimum atomic E-state index is -4.50. The molecule has 0 spiro atoms. The molecule has 1 aliphatic rings. The molecule has 158 valence electrons. The lowest BCUT2D eigenvalue weighted by atomic mass is 10.1. The van der Waals surface area contributed by atoms with E-state index in [9.17, 15) is 22.8 Å². The normalized spacial score (nSPS) is 17.1. The summed E-state index contributed by atoms with van der Waals surface area (Å²) in [5.74, 6) is -0.409. The highest BCUT2D eigenvalue weighted by molar-refractivity contribution is 8.00.